The average Bonchev–Trinajstić information content (AvgIpc) is 3.24. The fraction of sp³-hybridized carbons (Fsp3) is 0.609. The van der Waals surface area contributed by atoms with Crippen molar-refractivity contribution in [2.45, 2.75) is 57.8 Å². The molecule has 1 saturated heterocycles. The Morgan fingerprint density at radius 3 is 2.91 bits per heavy atom. The van der Waals surface area contributed by atoms with E-state index in [9.17, 15) is 0 Å². The number of hydrogen-bond donors (Lipinski definition) is 1. The molecule has 1 unspecified atom stereocenters. The van der Waals surface area contributed by atoms with Gasteiger partial charge >= 0.3 is 0 Å². The maximum atomic E-state index is 6.12. The number of guanidine groups is 1. The predicted molar refractivity (Wildman–Crippen MR) is 135 cm³/mol. The summed E-state index contributed by atoms with van der Waals surface area (Å²) >= 11 is 0. The van der Waals surface area contributed by atoms with Crippen molar-refractivity contribution in [3.8, 4) is 5.88 Å². The number of halogens is 1. The molecule has 0 amide bonds. The largest absolute Gasteiger partial charge is 0.474 e. The van der Waals surface area contributed by atoms with Crippen LogP contribution in [-0.4, -0.2) is 58.0 Å². The lowest BCUT2D eigenvalue weighted by Gasteiger charge is -2.34. The van der Waals surface area contributed by atoms with E-state index in [0.29, 0.717) is 25.1 Å². The number of rotatable bonds is 6. The molecule has 0 aromatic carbocycles. The smallest absolute Gasteiger partial charge is 0.213 e. The summed E-state index contributed by atoms with van der Waals surface area (Å²) in [5.74, 6) is 1.62. The van der Waals surface area contributed by atoms with Crippen molar-refractivity contribution < 1.29 is 9.47 Å². The highest BCUT2D eigenvalue weighted by atomic mass is 127. The zero-order valence-corrected chi connectivity index (χ0v) is 21.4. The van der Waals surface area contributed by atoms with E-state index in [1.54, 1.807) is 0 Å². The summed E-state index contributed by atoms with van der Waals surface area (Å²) in [6.45, 7) is 5.73. The second-order valence-corrected chi connectivity index (χ2v) is 8.30. The molecule has 2 aromatic heterocycles. The van der Waals surface area contributed by atoms with Gasteiger partial charge in [0.2, 0.25) is 5.88 Å². The van der Waals surface area contributed by atoms with E-state index in [0.717, 1.165) is 49.6 Å². The van der Waals surface area contributed by atoms with Crippen molar-refractivity contribution in [3.63, 3.8) is 0 Å². The Morgan fingerprint density at radius 1 is 1.31 bits per heavy atom. The molecule has 2 aliphatic rings. The lowest BCUT2D eigenvalue weighted by atomic mass is 9.98. The minimum atomic E-state index is 0. The molecule has 2 aromatic rings. The van der Waals surface area contributed by atoms with Crippen LogP contribution in [0.5, 0.6) is 5.88 Å². The van der Waals surface area contributed by atoms with Crippen molar-refractivity contribution in [2.75, 3.05) is 26.2 Å². The molecule has 1 atom stereocenters. The molecule has 0 bridgehead atoms. The van der Waals surface area contributed by atoms with Crippen molar-refractivity contribution in [1.29, 1.82) is 0 Å². The molecule has 176 valence electrons. The molecular weight excluding hydrogens is 519 g/mol. The van der Waals surface area contributed by atoms with E-state index in [1.807, 2.05) is 42.5 Å². The van der Waals surface area contributed by atoms with Crippen LogP contribution in [0.3, 0.4) is 0 Å². The molecule has 2 fully saturated rings. The Bertz CT molecular complexity index is 868. The van der Waals surface area contributed by atoms with Gasteiger partial charge in [0, 0.05) is 44.2 Å². The number of nitrogens with zero attached hydrogens (tertiary/aromatic N) is 5. The summed E-state index contributed by atoms with van der Waals surface area (Å²) in [6, 6.07) is 4.04. The Balaban J connectivity index is 0.00000289. The molecule has 0 radical (unpaired) electrons. The Kier molecular flexibility index (Phi) is 9.58. The van der Waals surface area contributed by atoms with Crippen molar-refractivity contribution >= 4 is 29.9 Å². The molecule has 3 heterocycles. The second kappa shape index (κ2) is 12.4. The highest BCUT2D eigenvalue weighted by molar-refractivity contribution is 14.0. The number of ether oxygens (including phenoxy) is 2. The minimum Gasteiger partial charge on any atom is -0.474 e. The molecule has 9 heteroatoms. The lowest BCUT2D eigenvalue weighted by molar-refractivity contribution is -0.00805. The predicted octanol–water partition coefficient (Wildman–Crippen LogP) is 3.68. The van der Waals surface area contributed by atoms with Gasteiger partial charge in [0.05, 0.1) is 25.9 Å². The number of aliphatic imine (C=N–C) groups is 1. The standard InChI is InChI=1S/C23H34N6O2.HI/c1-3-24-23(29-11-12-30-21(17-29)19-15-27-28(2)16-19)26-14-18-9-10-25-22(13-18)31-20-7-5-4-6-8-20;/h9-10,13,15-16,20-21H,3-8,11-12,14,17H2,1-2H3,(H,24,26);1H. The molecule has 1 N–H and O–H groups in total. The van der Waals surface area contributed by atoms with E-state index >= 15 is 0 Å². The highest BCUT2D eigenvalue weighted by Gasteiger charge is 2.25. The summed E-state index contributed by atoms with van der Waals surface area (Å²) in [7, 11) is 1.93. The highest BCUT2D eigenvalue weighted by Crippen LogP contribution is 2.23. The summed E-state index contributed by atoms with van der Waals surface area (Å²) in [5.41, 5.74) is 2.20. The van der Waals surface area contributed by atoms with E-state index in [-0.39, 0.29) is 30.1 Å². The summed E-state index contributed by atoms with van der Waals surface area (Å²) in [4.78, 5) is 11.6. The van der Waals surface area contributed by atoms with Crippen LogP contribution in [0.1, 0.15) is 56.3 Å². The first-order valence-electron chi connectivity index (χ1n) is 11.5. The molecule has 32 heavy (non-hydrogen) atoms. The van der Waals surface area contributed by atoms with Gasteiger partial charge in [-0.3, -0.25) is 4.68 Å². The number of pyridine rings is 1. The Morgan fingerprint density at radius 2 is 2.16 bits per heavy atom. The van der Waals surface area contributed by atoms with Crippen molar-refractivity contribution in [1.82, 2.24) is 25.0 Å². The van der Waals surface area contributed by atoms with E-state index in [1.165, 1.54) is 19.3 Å². The van der Waals surface area contributed by atoms with Gasteiger partial charge in [0.25, 0.3) is 0 Å². The maximum Gasteiger partial charge on any atom is 0.213 e. The van der Waals surface area contributed by atoms with E-state index < -0.39 is 0 Å². The molecule has 1 aliphatic carbocycles. The SMILES string of the molecule is CCNC(=NCc1ccnc(OC2CCCCC2)c1)N1CCOC(c2cnn(C)c2)C1.I. The zero-order chi connectivity index (χ0) is 21.5. The lowest BCUT2D eigenvalue weighted by Crippen LogP contribution is -2.48. The van der Waals surface area contributed by atoms with Gasteiger partial charge in [-0.05, 0) is 44.2 Å². The number of hydrogen-bond acceptors (Lipinski definition) is 5. The fourth-order valence-electron chi connectivity index (χ4n) is 4.21. The molecule has 1 aliphatic heterocycles. The van der Waals surface area contributed by atoms with Crippen LogP contribution < -0.4 is 10.1 Å². The summed E-state index contributed by atoms with van der Waals surface area (Å²) < 4.78 is 13.9. The van der Waals surface area contributed by atoms with Gasteiger partial charge in [-0.2, -0.15) is 5.10 Å². The molecule has 8 nitrogen and oxygen atoms in total. The van der Waals surface area contributed by atoms with Gasteiger partial charge in [0.1, 0.15) is 12.2 Å². The van der Waals surface area contributed by atoms with E-state index in [2.05, 4.69) is 27.2 Å². The maximum absolute atomic E-state index is 6.12. The Hall–Kier alpha value is -1.88. The summed E-state index contributed by atoms with van der Waals surface area (Å²) in [6.07, 6.45) is 12.1. The first-order valence-corrected chi connectivity index (χ1v) is 11.5. The third kappa shape index (κ3) is 6.81. The number of morpholine rings is 1. The zero-order valence-electron chi connectivity index (χ0n) is 19.1. The van der Waals surface area contributed by atoms with Gasteiger partial charge in [-0.25, -0.2) is 9.98 Å². The van der Waals surface area contributed by atoms with Crippen molar-refractivity contribution in [3.05, 3.63) is 41.9 Å². The molecule has 1 saturated carbocycles. The summed E-state index contributed by atoms with van der Waals surface area (Å²) in [5, 5.41) is 7.71. The van der Waals surface area contributed by atoms with Crippen LogP contribution in [-0.2, 0) is 18.3 Å². The molecule has 0 spiro atoms. The van der Waals surface area contributed by atoms with E-state index in [4.69, 9.17) is 14.5 Å². The van der Waals surface area contributed by atoms with Gasteiger partial charge in [0.15, 0.2) is 5.96 Å². The second-order valence-electron chi connectivity index (χ2n) is 8.30. The van der Waals surface area contributed by atoms with Gasteiger partial charge in [-0.1, -0.05) is 6.42 Å². The Labute approximate surface area is 207 Å². The quantitative estimate of drug-likeness (QED) is 0.334. The average molecular weight is 554 g/mol. The topological polar surface area (TPSA) is 76.8 Å². The number of aryl methyl sites for hydroxylation is 1. The minimum absolute atomic E-state index is 0. The molecular formula is C23H35IN6O2. The number of aromatic nitrogens is 3. The number of nitrogens with one attached hydrogen (secondary N) is 1. The monoisotopic (exact) mass is 554 g/mol. The van der Waals surface area contributed by atoms with Crippen LogP contribution in [0.15, 0.2) is 35.7 Å². The third-order valence-corrected chi connectivity index (χ3v) is 5.85. The van der Waals surface area contributed by atoms with Crippen LogP contribution in [0.25, 0.3) is 0 Å². The normalized spacial score (nSPS) is 20.0. The first-order chi connectivity index (χ1) is 15.2. The first kappa shape index (κ1) is 24.8. The van der Waals surface area contributed by atoms with Crippen LogP contribution in [0, 0.1) is 0 Å². The third-order valence-electron chi connectivity index (χ3n) is 5.85. The van der Waals surface area contributed by atoms with Gasteiger partial charge < -0.3 is 19.7 Å². The molecule has 4 rings (SSSR count). The fourth-order valence-corrected chi connectivity index (χ4v) is 4.21. The van der Waals surface area contributed by atoms with Crippen LogP contribution in [0.4, 0.5) is 0 Å². The van der Waals surface area contributed by atoms with Crippen LogP contribution >= 0.6 is 24.0 Å². The van der Waals surface area contributed by atoms with Gasteiger partial charge in [-0.15, -0.1) is 24.0 Å². The van der Waals surface area contributed by atoms with Crippen LogP contribution in [0.2, 0.25) is 0 Å². The van der Waals surface area contributed by atoms with Crippen molar-refractivity contribution in [2.24, 2.45) is 12.0 Å².